The van der Waals surface area contributed by atoms with E-state index in [4.69, 9.17) is 4.74 Å². The Morgan fingerprint density at radius 2 is 2.05 bits per heavy atom. The average Bonchev–Trinajstić information content (AvgIpc) is 2.93. The summed E-state index contributed by atoms with van der Waals surface area (Å²) in [4.78, 5) is 0.244. The van der Waals surface area contributed by atoms with Gasteiger partial charge in [0.1, 0.15) is 5.75 Å². The summed E-state index contributed by atoms with van der Waals surface area (Å²) < 4.78 is 32.3. The van der Waals surface area contributed by atoms with Crippen LogP contribution in [0, 0.1) is 13.8 Å². The molecule has 0 spiro atoms. The number of aryl methyl sites for hydroxylation is 2. The van der Waals surface area contributed by atoms with Crippen molar-refractivity contribution in [1.29, 1.82) is 0 Å². The van der Waals surface area contributed by atoms with Crippen LogP contribution in [-0.4, -0.2) is 42.7 Å². The van der Waals surface area contributed by atoms with Gasteiger partial charge in [0.05, 0.1) is 12.0 Å². The Morgan fingerprint density at radius 1 is 1.29 bits per heavy atom. The van der Waals surface area contributed by atoms with Crippen LogP contribution in [0.5, 0.6) is 5.75 Å². The number of nitrogens with one attached hydrogen (secondary N) is 2. The quantitative estimate of drug-likeness (QED) is 0.796. The summed E-state index contributed by atoms with van der Waals surface area (Å²) in [6.45, 7) is 3.73. The molecule has 0 saturated heterocycles. The predicted molar refractivity (Wildman–Crippen MR) is 75.5 cm³/mol. The lowest BCUT2D eigenvalue weighted by Crippen LogP contribution is -2.27. The van der Waals surface area contributed by atoms with Gasteiger partial charge in [0.2, 0.25) is 10.0 Å². The maximum atomic E-state index is 12.3. The molecule has 1 heterocycles. The van der Waals surface area contributed by atoms with Crippen LogP contribution < -0.4 is 9.46 Å². The summed E-state index contributed by atoms with van der Waals surface area (Å²) in [5, 5.41) is 13.3. The molecule has 0 aliphatic rings. The molecule has 2 aromatic rings. The van der Waals surface area contributed by atoms with Gasteiger partial charge in [-0.25, -0.2) is 13.1 Å². The smallest absolute Gasteiger partial charge is 0.240 e. The van der Waals surface area contributed by atoms with E-state index in [0.29, 0.717) is 23.6 Å². The summed E-state index contributed by atoms with van der Waals surface area (Å²) in [6.07, 6.45) is 0.365. The first kappa shape index (κ1) is 15.4. The van der Waals surface area contributed by atoms with Crippen LogP contribution in [-0.2, 0) is 16.4 Å². The third-order valence-electron chi connectivity index (χ3n) is 3.01. The highest BCUT2D eigenvalue weighted by molar-refractivity contribution is 7.89. The van der Waals surface area contributed by atoms with E-state index < -0.39 is 10.0 Å². The molecule has 8 nitrogen and oxygen atoms in total. The van der Waals surface area contributed by atoms with E-state index in [2.05, 4.69) is 25.3 Å². The number of rotatable bonds is 6. The first-order valence-corrected chi connectivity index (χ1v) is 7.79. The Balaban J connectivity index is 2.14. The van der Waals surface area contributed by atoms with Crippen LogP contribution in [0.2, 0.25) is 0 Å². The normalized spacial score (nSPS) is 11.6. The Labute approximate surface area is 123 Å². The number of methoxy groups -OCH3 is 1. The molecule has 1 aromatic heterocycles. The minimum Gasteiger partial charge on any atom is -0.496 e. The average molecular weight is 311 g/mol. The van der Waals surface area contributed by atoms with Crippen LogP contribution in [0.3, 0.4) is 0 Å². The summed E-state index contributed by atoms with van der Waals surface area (Å²) in [7, 11) is -2.03. The standard InChI is InChI=1S/C12H17N5O3S/c1-8-7-11(9(2)6-10(8)20-3)21(18,19)13-5-4-12-14-16-17-15-12/h6-7,13H,4-5H2,1-3H3,(H,14,15,16,17). The first-order chi connectivity index (χ1) is 9.94. The molecule has 9 heteroatoms. The van der Waals surface area contributed by atoms with Crippen molar-refractivity contribution in [3.05, 3.63) is 29.1 Å². The number of ether oxygens (including phenoxy) is 1. The number of benzene rings is 1. The lowest BCUT2D eigenvalue weighted by Gasteiger charge is -2.12. The molecular weight excluding hydrogens is 294 g/mol. The number of sulfonamides is 1. The summed E-state index contributed by atoms with van der Waals surface area (Å²) in [5.41, 5.74) is 1.39. The van der Waals surface area contributed by atoms with Crippen molar-refractivity contribution in [2.24, 2.45) is 0 Å². The molecule has 0 bridgehead atoms. The number of aromatic nitrogens is 4. The zero-order valence-corrected chi connectivity index (χ0v) is 12.9. The van der Waals surface area contributed by atoms with Gasteiger partial charge in [0.15, 0.2) is 5.82 Å². The number of hydrogen-bond acceptors (Lipinski definition) is 6. The van der Waals surface area contributed by atoms with E-state index in [1.165, 1.54) is 0 Å². The molecule has 0 saturated carbocycles. The molecule has 2 rings (SSSR count). The van der Waals surface area contributed by atoms with Gasteiger partial charge in [-0.15, -0.1) is 10.2 Å². The summed E-state index contributed by atoms with van der Waals surface area (Å²) >= 11 is 0. The van der Waals surface area contributed by atoms with Gasteiger partial charge < -0.3 is 4.74 Å². The SMILES string of the molecule is COc1cc(C)c(S(=O)(=O)NCCc2nn[nH]n2)cc1C. The number of hydrogen-bond donors (Lipinski definition) is 2. The molecule has 2 N–H and O–H groups in total. The van der Waals surface area contributed by atoms with Crippen LogP contribution in [0.15, 0.2) is 17.0 Å². The van der Waals surface area contributed by atoms with Gasteiger partial charge in [0, 0.05) is 13.0 Å². The number of tetrazole rings is 1. The fourth-order valence-corrected chi connectivity index (χ4v) is 3.28. The van der Waals surface area contributed by atoms with E-state index in [9.17, 15) is 8.42 Å². The molecule has 0 atom stereocenters. The van der Waals surface area contributed by atoms with Crippen LogP contribution in [0.4, 0.5) is 0 Å². The number of H-pyrrole nitrogens is 1. The lowest BCUT2D eigenvalue weighted by molar-refractivity contribution is 0.411. The van der Waals surface area contributed by atoms with Crippen LogP contribution >= 0.6 is 0 Å². The minimum absolute atomic E-state index is 0.201. The zero-order chi connectivity index (χ0) is 15.5. The van der Waals surface area contributed by atoms with Gasteiger partial charge in [0.25, 0.3) is 0 Å². The van der Waals surface area contributed by atoms with Crippen molar-refractivity contribution in [3.63, 3.8) is 0 Å². The van der Waals surface area contributed by atoms with Crippen molar-refractivity contribution in [3.8, 4) is 5.75 Å². The number of aromatic amines is 1. The van der Waals surface area contributed by atoms with Gasteiger partial charge in [-0.1, -0.05) is 5.21 Å². The molecule has 0 aliphatic heterocycles. The second-order valence-corrected chi connectivity index (χ2v) is 6.30. The van der Waals surface area contributed by atoms with E-state index in [-0.39, 0.29) is 11.4 Å². The Morgan fingerprint density at radius 3 is 2.67 bits per heavy atom. The molecule has 0 fully saturated rings. The monoisotopic (exact) mass is 311 g/mol. The summed E-state index contributed by atoms with van der Waals surface area (Å²) in [6, 6.07) is 3.31. The van der Waals surface area contributed by atoms with E-state index in [0.717, 1.165) is 5.56 Å². The largest absolute Gasteiger partial charge is 0.496 e. The topological polar surface area (TPSA) is 110 Å². The summed E-state index contributed by atoms with van der Waals surface area (Å²) in [5.74, 6) is 1.12. The third kappa shape index (κ3) is 3.56. The van der Waals surface area contributed by atoms with Gasteiger partial charge in [-0.05, 0) is 37.1 Å². The fourth-order valence-electron chi connectivity index (χ4n) is 1.94. The van der Waals surface area contributed by atoms with E-state index >= 15 is 0 Å². The molecule has 114 valence electrons. The van der Waals surface area contributed by atoms with E-state index in [1.807, 2.05) is 0 Å². The Bertz CT molecular complexity index is 713. The molecule has 1 aromatic carbocycles. The highest BCUT2D eigenvalue weighted by Crippen LogP contribution is 2.25. The molecular formula is C12H17N5O3S. The third-order valence-corrected chi connectivity index (χ3v) is 4.61. The van der Waals surface area contributed by atoms with Crippen molar-refractivity contribution < 1.29 is 13.2 Å². The van der Waals surface area contributed by atoms with Crippen molar-refractivity contribution in [2.45, 2.75) is 25.2 Å². The van der Waals surface area contributed by atoms with Crippen molar-refractivity contribution in [1.82, 2.24) is 25.3 Å². The number of nitrogens with zero attached hydrogens (tertiary/aromatic N) is 3. The molecule has 0 amide bonds. The maximum absolute atomic E-state index is 12.3. The molecule has 0 radical (unpaired) electrons. The second-order valence-electron chi connectivity index (χ2n) is 4.56. The van der Waals surface area contributed by atoms with E-state index in [1.54, 1.807) is 33.1 Å². The first-order valence-electron chi connectivity index (χ1n) is 6.31. The molecule has 0 unspecified atom stereocenters. The van der Waals surface area contributed by atoms with Crippen molar-refractivity contribution >= 4 is 10.0 Å². The zero-order valence-electron chi connectivity index (χ0n) is 12.0. The fraction of sp³-hybridized carbons (Fsp3) is 0.417. The highest BCUT2D eigenvalue weighted by Gasteiger charge is 2.18. The second kappa shape index (κ2) is 6.19. The predicted octanol–water partition coefficient (Wildman–Crippen LogP) is 0.346. The molecule has 21 heavy (non-hydrogen) atoms. The Hall–Kier alpha value is -2.00. The van der Waals surface area contributed by atoms with Crippen LogP contribution in [0.25, 0.3) is 0 Å². The lowest BCUT2D eigenvalue weighted by atomic mass is 10.1. The highest BCUT2D eigenvalue weighted by atomic mass is 32.2. The van der Waals surface area contributed by atoms with Crippen molar-refractivity contribution in [2.75, 3.05) is 13.7 Å². The van der Waals surface area contributed by atoms with Crippen LogP contribution in [0.1, 0.15) is 17.0 Å². The Kier molecular flexibility index (Phi) is 4.53. The van der Waals surface area contributed by atoms with Gasteiger partial charge >= 0.3 is 0 Å². The van der Waals surface area contributed by atoms with Gasteiger partial charge in [-0.3, -0.25) is 0 Å². The molecule has 0 aliphatic carbocycles. The van der Waals surface area contributed by atoms with Gasteiger partial charge in [-0.2, -0.15) is 5.21 Å². The maximum Gasteiger partial charge on any atom is 0.240 e. The minimum atomic E-state index is -3.58.